The van der Waals surface area contributed by atoms with Crippen LogP contribution in [0.15, 0.2) is 72.1 Å². The van der Waals surface area contributed by atoms with Gasteiger partial charge < -0.3 is 15.0 Å². The second-order valence-electron chi connectivity index (χ2n) is 6.92. The van der Waals surface area contributed by atoms with Crippen molar-refractivity contribution in [2.75, 3.05) is 11.9 Å². The van der Waals surface area contributed by atoms with Crippen molar-refractivity contribution in [3.8, 4) is 11.5 Å². The number of amides is 2. The van der Waals surface area contributed by atoms with Crippen molar-refractivity contribution in [2.45, 2.75) is 25.3 Å². The number of thiophene rings is 1. The quantitative estimate of drug-likeness (QED) is 0.636. The van der Waals surface area contributed by atoms with Gasteiger partial charge in [0, 0.05) is 12.2 Å². The average Bonchev–Trinajstić information content (AvgIpc) is 3.30. The van der Waals surface area contributed by atoms with Crippen LogP contribution in [0.25, 0.3) is 0 Å². The lowest BCUT2D eigenvalue weighted by atomic mass is 10.0. The first-order valence-corrected chi connectivity index (χ1v) is 10.6. The van der Waals surface area contributed by atoms with Gasteiger partial charge in [-0.3, -0.25) is 9.59 Å². The van der Waals surface area contributed by atoms with Gasteiger partial charge >= 0.3 is 0 Å². The molecule has 2 amide bonds. The summed E-state index contributed by atoms with van der Waals surface area (Å²) < 4.78 is 5.78. The Bertz CT molecular complexity index is 956. The van der Waals surface area contributed by atoms with Crippen LogP contribution in [0.4, 0.5) is 5.69 Å². The normalized spacial score (nSPS) is 16.3. The van der Waals surface area contributed by atoms with Crippen LogP contribution in [0.1, 0.15) is 28.9 Å². The number of piperidine rings is 1. The Morgan fingerprint density at radius 3 is 2.41 bits per heavy atom. The summed E-state index contributed by atoms with van der Waals surface area (Å²) in [5, 5.41) is 4.83. The molecule has 0 radical (unpaired) electrons. The summed E-state index contributed by atoms with van der Waals surface area (Å²) in [6.45, 7) is 0.610. The fourth-order valence-electron chi connectivity index (χ4n) is 3.45. The third-order valence-corrected chi connectivity index (χ3v) is 5.76. The van der Waals surface area contributed by atoms with Gasteiger partial charge in [-0.2, -0.15) is 0 Å². The molecule has 3 aromatic rings. The van der Waals surface area contributed by atoms with Crippen LogP contribution in [0.2, 0.25) is 0 Å². The van der Waals surface area contributed by atoms with Crippen LogP contribution in [-0.4, -0.2) is 29.3 Å². The predicted octanol–water partition coefficient (Wildman–Crippen LogP) is 5.17. The minimum absolute atomic E-state index is 0.0635. The first-order chi connectivity index (χ1) is 14.2. The first-order valence-electron chi connectivity index (χ1n) is 9.69. The second-order valence-corrected chi connectivity index (χ2v) is 7.86. The molecule has 2 heterocycles. The molecule has 5 nitrogen and oxygen atoms in total. The van der Waals surface area contributed by atoms with Crippen LogP contribution in [-0.2, 0) is 4.79 Å². The molecular weight excluding hydrogens is 384 g/mol. The maximum Gasteiger partial charge on any atom is 0.264 e. The third-order valence-electron chi connectivity index (χ3n) is 4.90. The van der Waals surface area contributed by atoms with Crippen molar-refractivity contribution in [2.24, 2.45) is 0 Å². The molecule has 1 aromatic heterocycles. The number of ether oxygens (including phenoxy) is 1. The predicted molar refractivity (Wildman–Crippen MR) is 115 cm³/mol. The van der Waals surface area contributed by atoms with Crippen molar-refractivity contribution < 1.29 is 14.3 Å². The molecule has 0 bridgehead atoms. The Morgan fingerprint density at radius 1 is 0.931 bits per heavy atom. The lowest BCUT2D eigenvalue weighted by molar-refractivity contribution is -0.121. The van der Waals surface area contributed by atoms with E-state index >= 15 is 0 Å². The smallest absolute Gasteiger partial charge is 0.264 e. The lowest BCUT2D eigenvalue weighted by Crippen LogP contribution is -2.49. The summed E-state index contributed by atoms with van der Waals surface area (Å²) in [7, 11) is 0. The molecule has 148 valence electrons. The number of carbonyl (C=O) groups is 2. The topological polar surface area (TPSA) is 58.6 Å². The molecule has 2 aromatic carbocycles. The highest BCUT2D eigenvalue weighted by molar-refractivity contribution is 7.12. The molecule has 1 aliphatic heterocycles. The van der Waals surface area contributed by atoms with Gasteiger partial charge in [0.2, 0.25) is 5.91 Å². The van der Waals surface area contributed by atoms with Gasteiger partial charge in [0.15, 0.2) is 0 Å². The maximum absolute atomic E-state index is 12.9. The first kappa shape index (κ1) is 19.2. The lowest BCUT2D eigenvalue weighted by Gasteiger charge is -2.34. The number of hydrogen-bond acceptors (Lipinski definition) is 4. The Balaban J connectivity index is 1.41. The van der Waals surface area contributed by atoms with E-state index in [0.717, 1.165) is 18.6 Å². The monoisotopic (exact) mass is 406 g/mol. The highest BCUT2D eigenvalue weighted by Crippen LogP contribution is 2.25. The molecule has 1 N–H and O–H groups in total. The summed E-state index contributed by atoms with van der Waals surface area (Å²) in [6.07, 6.45) is 2.54. The molecule has 0 aliphatic carbocycles. The summed E-state index contributed by atoms with van der Waals surface area (Å²) in [5.74, 6) is 1.24. The van der Waals surface area contributed by atoms with Crippen LogP contribution in [0.5, 0.6) is 11.5 Å². The molecule has 1 atom stereocenters. The van der Waals surface area contributed by atoms with Crippen LogP contribution >= 0.6 is 11.3 Å². The Labute approximate surface area is 173 Å². The van der Waals surface area contributed by atoms with Gasteiger partial charge in [0.05, 0.1) is 4.88 Å². The zero-order chi connectivity index (χ0) is 20.1. The molecule has 0 spiro atoms. The van der Waals surface area contributed by atoms with E-state index in [4.69, 9.17) is 4.74 Å². The van der Waals surface area contributed by atoms with Crippen molar-refractivity contribution in [3.63, 3.8) is 0 Å². The van der Waals surface area contributed by atoms with Crippen molar-refractivity contribution in [1.29, 1.82) is 0 Å². The number of hydrogen-bond donors (Lipinski definition) is 1. The number of rotatable bonds is 5. The largest absolute Gasteiger partial charge is 0.457 e. The van der Waals surface area contributed by atoms with Gasteiger partial charge in [-0.15, -0.1) is 11.3 Å². The zero-order valence-electron chi connectivity index (χ0n) is 15.9. The summed E-state index contributed by atoms with van der Waals surface area (Å²) in [4.78, 5) is 28.1. The standard InChI is InChI=1S/C23H22N2O3S/c26-22(20-9-4-5-15-25(20)23(27)21-10-6-16-29-21)24-17-11-13-19(14-12-17)28-18-7-2-1-3-8-18/h1-3,6-8,10-14,16,20H,4-5,9,15H2,(H,24,26)/t20-/m0/s1. The van der Waals surface area contributed by atoms with E-state index in [2.05, 4.69) is 5.32 Å². The number of para-hydroxylation sites is 1. The Morgan fingerprint density at radius 2 is 1.69 bits per heavy atom. The van der Waals surface area contributed by atoms with Gasteiger partial charge in [0.25, 0.3) is 5.91 Å². The van der Waals surface area contributed by atoms with Crippen LogP contribution in [0.3, 0.4) is 0 Å². The molecule has 1 saturated heterocycles. The molecule has 4 rings (SSSR count). The minimum atomic E-state index is -0.446. The van der Waals surface area contributed by atoms with E-state index in [9.17, 15) is 9.59 Å². The van der Waals surface area contributed by atoms with Gasteiger partial charge in [-0.1, -0.05) is 24.3 Å². The molecular formula is C23H22N2O3S. The van der Waals surface area contributed by atoms with E-state index in [0.29, 0.717) is 29.3 Å². The molecule has 1 aliphatic rings. The van der Waals surface area contributed by atoms with Gasteiger partial charge in [0.1, 0.15) is 17.5 Å². The summed E-state index contributed by atoms with van der Waals surface area (Å²) >= 11 is 1.41. The SMILES string of the molecule is O=C(Nc1ccc(Oc2ccccc2)cc1)[C@@H]1CCCCN1C(=O)c1cccs1. The second kappa shape index (κ2) is 8.92. The van der Waals surface area contributed by atoms with Gasteiger partial charge in [-0.25, -0.2) is 0 Å². The number of carbonyl (C=O) groups excluding carboxylic acids is 2. The molecule has 0 unspecified atom stereocenters. The molecule has 29 heavy (non-hydrogen) atoms. The Kier molecular flexibility index (Phi) is 5.91. The Hall–Kier alpha value is -3.12. The van der Waals surface area contributed by atoms with E-state index in [-0.39, 0.29) is 11.8 Å². The summed E-state index contributed by atoms with van der Waals surface area (Å²) in [6, 6.07) is 20.0. The highest BCUT2D eigenvalue weighted by atomic mass is 32.1. The number of nitrogens with zero attached hydrogens (tertiary/aromatic N) is 1. The highest BCUT2D eigenvalue weighted by Gasteiger charge is 2.33. The van der Waals surface area contributed by atoms with Gasteiger partial charge in [-0.05, 0) is 67.1 Å². The summed E-state index contributed by atoms with van der Waals surface area (Å²) in [5.41, 5.74) is 0.685. The number of benzene rings is 2. The number of likely N-dealkylation sites (tertiary alicyclic amines) is 1. The fraction of sp³-hybridized carbons (Fsp3) is 0.217. The van der Waals surface area contributed by atoms with Crippen molar-refractivity contribution in [3.05, 3.63) is 77.0 Å². The number of anilines is 1. The molecule has 6 heteroatoms. The van der Waals surface area contributed by atoms with E-state index in [1.54, 1.807) is 4.90 Å². The van der Waals surface area contributed by atoms with E-state index in [1.807, 2.05) is 72.1 Å². The van der Waals surface area contributed by atoms with Crippen LogP contribution in [0, 0.1) is 0 Å². The maximum atomic E-state index is 12.9. The van der Waals surface area contributed by atoms with Crippen LogP contribution < -0.4 is 10.1 Å². The van der Waals surface area contributed by atoms with E-state index in [1.165, 1.54) is 11.3 Å². The van der Waals surface area contributed by atoms with E-state index < -0.39 is 6.04 Å². The zero-order valence-corrected chi connectivity index (χ0v) is 16.7. The number of nitrogens with one attached hydrogen (secondary N) is 1. The van der Waals surface area contributed by atoms with Crippen molar-refractivity contribution >= 4 is 28.8 Å². The van der Waals surface area contributed by atoms with Crippen molar-refractivity contribution in [1.82, 2.24) is 4.90 Å². The average molecular weight is 407 g/mol. The fourth-order valence-corrected chi connectivity index (χ4v) is 4.12. The third kappa shape index (κ3) is 4.66. The minimum Gasteiger partial charge on any atom is -0.457 e. The molecule has 1 fully saturated rings. The molecule has 0 saturated carbocycles.